The fourth-order valence-electron chi connectivity index (χ4n) is 4.20. The molecule has 0 radical (unpaired) electrons. The van der Waals surface area contributed by atoms with Crippen molar-refractivity contribution in [2.24, 2.45) is 0 Å². The van der Waals surface area contributed by atoms with Gasteiger partial charge in [-0.1, -0.05) is 11.3 Å². The van der Waals surface area contributed by atoms with Crippen LogP contribution < -0.4 is 4.90 Å². The first kappa shape index (κ1) is 19.0. The Hall–Kier alpha value is -2.94. The molecule has 1 unspecified atom stereocenters. The molecule has 5 rings (SSSR count). The third-order valence-corrected chi connectivity index (χ3v) is 6.84. The van der Waals surface area contributed by atoms with Gasteiger partial charge in [0.15, 0.2) is 10.9 Å². The topological polar surface area (TPSA) is 82.8 Å². The molecule has 156 valence electrons. The molecule has 0 aromatic carbocycles. The quantitative estimate of drug-likeness (QED) is 0.642. The number of thiazole rings is 1. The second-order valence-electron chi connectivity index (χ2n) is 7.62. The Morgan fingerprint density at radius 1 is 1.07 bits per heavy atom. The number of hydrogen-bond acceptors (Lipinski definition) is 7. The van der Waals surface area contributed by atoms with Crippen LogP contribution >= 0.6 is 11.3 Å². The summed E-state index contributed by atoms with van der Waals surface area (Å²) in [5.41, 5.74) is 0.908. The average molecular weight is 426 g/mol. The zero-order valence-corrected chi connectivity index (χ0v) is 17.4. The van der Waals surface area contributed by atoms with E-state index in [-0.39, 0.29) is 11.8 Å². The van der Waals surface area contributed by atoms with Crippen molar-refractivity contribution < 1.29 is 14.0 Å². The minimum absolute atomic E-state index is 0.0419. The fourth-order valence-corrected chi connectivity index (χ4v) is 5.16. The highest BCUT2D eigenvalue weighted by Crippen LogP contribution is 2.28. The number of likely N-dealkylation sites (tertiary alicyclic amines) is 1. The number of rotatable bonds is 3. The van der Waals surface area contributed by atoms with Gasteiger partial charge in [-0.2, -0.15) is 0 Å². The van der Waals surface area contributed by atoms with E-state index in [9.17, 15) is 9.59 Å². The smallest absolute Gasteiger partial charge is 0.290 e. The minimum atomic E-state index is -0.408. The maximum absolute atomic E-state index is 13.3. The highest BCUT2D eigenvalue weighted by atomic mass is 32.1. The first-order chi connectivity index (χ1) is 14.7. The van der Waals surface area contributed by atoms with E-state index >= 15 is 0 Å². The molecule has 5 heterocycles. The number of carbonyl (C=O) groups is 2. The van der Waals surface area contributed by atoms with Gasteiger partial charge >= 0.3 is 0 Å². The number of hydrogen-bond donors (Lipinski definition) is 0. The molecule has 0 bridgehead atoms. The van der Waals surface area contributed by atoms with Crippen molar-refractivity contribution in [1.29, 1.82) is 0 Å². The molecule has 2 amide bonds. The summed E-state index contributed by atoms with van der Waals surface area (Å²) in [7, 11) is 0. The Kier molecular flexibility index (Phi) is 5.12. The van der Waals surface area contributed by atoms with Crippen LogP contribution in [0.5, 0.6) is 0 Å². The Labute approximate surface area is 178 Å². The van der Waals surface area contributed by atoms with E-state index < -0.39 is 6.04 Å². The minimum Gasteiger partial charge on any atom is -0.459 e. The van der Waals surface area contributed by atoms with Crippen LogP contribution in [0.1, 0.15) is 29.8 Å². The second kappa shape index (κ2) is 8.06. The summed E-state index contributed by atoms with van der Waals surface area (Å²) in [6.45, 7) is 3.30. The van der Waals surface area contributed by atoms with Gasteiger partial charge < -0.3 is 19.1 Å². The Morgan fingerprint density at radius 3 is 2.70 bits per heavy atom. The molecule has 2 fully saturated rings. The van der Waals surface area contributed by atoms with E-state index in [1.54, 1.807) is 34.6 Å². The van der Waals surface area contributed by atoms with Gasteiger partial charge in [0.1, 0.15) is 16.4 Å². The summed E-state index contributed by atoms with van der Waals surface area (Å²) in [5.74, 6) is 0.142. The highest BCUT2D eigenvalue weighted by molar-refractivity contribution is 7.21. The van der Waals surface area contributed by atoms with Crippen LogP contribution in [0.15, 0.2) is 41.1 Å². The standard InChI is InChI=1S/C21H23N5O3S/c27-19(16-6-1-2-9-26(16)20(28)17-7-4-14-29-17)24-10-12-25(13-11-24)21-23-15-5-3-8-22-18(15)30-21/h3-5,7-8,14,16H,1-2,6,9-13H2. The molecule has 3 aromatic rings. The zero-order chi connectivity index (χ0) is 20.5. The van der Waals surface area contributed by atoms with Gasteiger partial charge in [0, 0.05) is 38.9 Å². The molecule has 9 heteroatoms. The summed E-state index contributed by atoms with van der Waals surface area (Å²) < 4.78 is 5.28. The lowest BCUT2D eigenvalue weighted by atomic mass is 10.00. The SMILES string of the molecule is O=C(C1CCCCN1C(=O)c1ccco1)N1CCN(c2nc3cccnc3s2)CC1. The van der Waals surface area contributed by atoms with Crippen molar-refractivity contribution in [3.63, 3.8) is 0 Å². The van der Waals surface area contributed by atoms with Gasteiger partial charge in [0.25, 0.3) is 5.91 Å². The lowest BCUT2D eigenvalue weighted by Crippen LogP contribution is -2.57. The summed E-state index contributed by atoms with van der Waals surface area (Å²) >= 11 is 1.58. The van der Waals surface area contributed by atoms with E-state index in [1.807, 2.05) is 17.0 Å². The molecule has 30 heavy (non-hydrogen) atoms. The van der Waals surface area contributed by atoms with Crippen LogP contribution in [0.4, 0.5) is 5.13 Å². The highest BCUT2D eigenvalue weighted by Gasteiger charge is 2.37. The number of carbonyl (C=O) groups excluding carboxylic acids is 2. The number of pyridine rings is 1. The molecule has 8 nitrogen and oxygen atoms in total. The molecule has 0 N–H and O–H groups in total. The first-order valence-corrected chi connectivity index (χ1v) is 11.1. The van der Waals surface area contributed by atoms with Gasteiger partial charge in [0.05, 0.1) is 6.26 Å². The lowest BCUT2D eigenvalue weighted by molar-refractivity contribution is -0.137. The van der Waals surface area contributed by atoms with E-state index in [0.29, 0.717) is 31.8 Å². The van der Waals surface area contributed by atoms with Crippen molar-refractivity contribution in [3.05, 3.63) is 42.5 Å². The number of anilines is 1. The third-order valence-electron chi connectivity index (χ3n) is 5.80. The van der Waals surface area contributed by atoms with Crippen LogP contribution in [0.2, 0.25) is 0 Å². The van der Waals surface area contributed by atoms with Gasteiger partial charge in [-0.15, -0.1) is 0 Å². The van der Waals surface area contributed by atoms with Crippen LogP contribution in [0.3, 0.4) is 0 Å². The maximum Gasteiger partial charge on any atom is 0.290 e. The largest absolute Gasteiger partial charge is 0.459 e. The second-order valence-corrected chi connectivity index (χ2v) is 8.58. The number of nitrogens with zero attached hydrogens (tertiary/aromatic N) is 5. The van der Waals surface area contributed by atoms with E-state index in [2.05, 4.69) is 14.9 Å². The van der Waals surface area contributed by atoms with E-state index in [1.165, 1.54) is 6.26 Å². The first-order valence-electron chi connectivity index (χ1n) is 10.3. The van der Waals surface area contributed by atoms with Crippen molar-refractivity contribution in [1.82, 2.24) is 19.8 Å². The van der Waals surface area contributed by atoms with Gasteiger partial charge in [-0.25, -0.2) is 9.97 Å². The van der Waals surface area contributed by atoms with Crippen LogP contribution in [0.25, 0.3) is 10.3 Å². The van der Waals surface area contributed by atoms with Crippen molar-refractivity contribution in [2.75, 3.05) is 37.6 Å². The van der Waals surface area contributed by atoms with Crippen molar-refractivity contribution >= 4 is 38.6 Å². The fraction of sp³-hybridized carbons (Fsp3) is 0.429. The molecule has 0 spiro atoms. The third kappa shape index (κ3) is 3.54. The zero-order valence-electron chi connectivity index (χ0n) is 16.6. The molecule has 2 aliphatic heterocycles. The Balaban J connectivity index is 1.25. The summed E-state index contributed by atoms with van der Waals surface area (Å²) in [5, 5.41) is 0.947. The molecule has 2 aliphatic rings. The molecular formula is C21H23N5O3S. The normalized spacial score (nSPS) is 20.0. The Morgan fingerprint density at radius 2 is 1.93 bits per heavy atom. The maximum atomic E-state index is 13.3. The van der Waals surface area contributed by atoms with Gasteiger partial charge in [0.2, 0.25) is 5.91 Å². The number of aromatic nitrogens is 2. The van der Waals surface area contributed by atoms with E-state index in [0.717, 1.165) is 41.4 Å². The number of piperazine rings is 1. The monoisotopic (exact) mass is 425 g/mol. The van der Waals surface area contributed by atoms with Gasteiger partial charge in [-0.3, -0.25) is 9.59 Å². The van der Waals surface area contributed by atoms with Crippen LogP contribution in [0, 0.1) is 0 Å². The van der Waals surface area contributed by atoms with Gasteiger partial charge in [-0.05, 0) is 43.5 Å². The van der Waals surface area contributed by atoms with E-state index in [4.69, 9.17) is 4.42 Å². The molecule has 1 atom stereocenters. The molecule has 0 aliphatic carbocycles. The molecular weight excluding hydrogens is 402 g/mol. The van der Waals surface area contributed by atoms with Crippen molar-refractivity contribution in [3.8, 4) is 0 Å². The molecule has 3 aromatic heterocycles. The molecule has 0 saturated carbocycles. The summed E-state index contributed by atoms with van der Waals surface area (Å²) in [4.78, 5) is 41.9. The predicted molar refractivity (Wildman–Crippen MR) is 114 cm³/mol. The average Bonchev–Trinajstić information content (AvgIpc) is 3.48. The summed E-state index contributed by atoms with van der Waals surface area (Å²) in [6, 6.07) is 6.81. The molecule has 2 saturated heterocycles. The number of piperidine rings is 1. The van der Waals surface area contributed by atoms with Crippen LogP contribution in [-0.2, 0) is 4.79 Å². The summed E-state index contributed by atoms with van der Waals surface area (Å²) in [6.07, 6.45) is 5.84. The number of fused-ring (bicyclic) bond motifs is 1. The van der Waals surface area contributed by atoms with Crippen LogP contribution in [-0.4, -0.2) is 70.3 Å². The van der Waals surface area contributed by atoms with Crippen molar-refractivity contribution in [2.45, 2.75) is 25.3 Å². The lowest BCUT2D eigenvalue weighted by Gasteiger charge is -2.40. The number of amides is 2. The predicted octanol–water partition coefficient (Wildman–Crippen LogP) is 2.63. The Bertz CT molecular complexity index is 1010. The number of furan rings is 1.